The third-order valence-electron chi connectivity index (χ3n) is 1.99. The van der Waals surface area contributed by atoms with Crippen LogP contribution in [0.2, 0.25) is 0 Å². The molecule has 1 heterocycles. The van der Waals surface area contributed by atoms with E-state index < -0.39 is 0 Å². The molecule has 14 heavy (non-hydrogen) atoms. The summed E-state index contributed by atoms with van der Waals surface area (Å²) in [6.45, 7) is 9.45. The molecule has 0 aliphatic rings. The molecule has 0 bridgehead atoms. The van der Waals surface area contributed by atoms with Crippen LogP contribution in [0.15, 0.2) is 24.3 Å². The van der Waals surface area contributed by atoms with E-state index in [0.29, 0.717) is 6.54 Å². The molecule has 1 aromatic heterocycles. The monoisotopic (exact) mass is 210 g/mol. The Morgan fingerprint density at radius 1 is 1.64 bits per heavy atom. The van der Waals surface area contributed by atoms with Crippen molar-refractivity contribution in [3.63, 3.8) is 0 Å². The molecule has 0 amide bonds. The number of aryl methyl sites for hydroxylation is 1. The number of hydrogen-bond acceptors (Lipinski definition) is 3. The summed E-state index contributed by atoms with van der Waals surface area (Å²) in [5, 5.41) is 3.38. The first-order valence-electron chi connectivity index (χ1n) is 4.77. The van der Waals surface area contributed by atoms with Crippen molar-refractivity contribution in [3.8, 4) is 0 Å². The van der Waals surface area contributed by atoms with Crippen LogP contribution in [0, 0.1) is 6.92 Å². The molecule has 3 heteroatoms. The standard InChI is InChI=1S/C11H18N2S/c1-8(2)7-13-10(6-12)11-5-4-9(3)14-11/h4-5,10,13H,1,6-7,12H2,2-3H3. The van der Waals surface area contributed by atoms with Gasteiger partial charge >= 0.3 is 0 Å². The summed E-state index contributed by atoms with van der Waals surface area (Å²) >= 11 is 1.80. The van der Waals surface area contributed by atoms with Gasteiger partial charge in [0.1, 0.15) is 0 Å². The van der Waals surface area contributed by atoms with Gasteiger partial charge in [-0.05, 0) is 26.0 Å². The highest BCUT2D eigenvalue weighted by Gasteiger charge is 2.10. The SMILES string of the molecule is C=C(C)CNC(CN)c1ccc(C)s1. The average molecular weight is 210 g/mol. The van der Waals surface area contributed by atoms with Gasteiger partial charge in [0.2, 0.25) is 0 Å². The summed E-state index contributed by atoms with van der Waals surface area (Å²) in [6, 6.07) is 4.54. The van der Waals surface area contributed by atoms with Crippen molar-refractivity contribution in [1.29, 1.82) is 0 Å². The molecular weight excluding hydrogens is 192 g/mol. The minimum atomic E-state index is 0.269. The lowest BCUT2D eigenvalue weighted by Gasteiger charge is -2.14. The lowest BCUT2D eigenvalue weighted by molar-refractivity contribution is 0.578. The molecule has 0 aromatic carbocycles. The van der Waals surface area contributed by atoms with Gasteiger partial charge in [-0.15, -0.1) is 11.3 Å². The van der Waals surface area contributed by atoms with Crippen LogP contribution in [-0.2, 0) is 0 Å². The number of nitrogens with one attached hydrogen (secondary N) is 1. The summed E-state index contributed by atoms with van der Waals surface area (Å²) in [6.07, 6.45) is 0. The van der Waals surface area contributed by atoms with Gasteiger partial charge in [-0.1, -0.05) is 12.2 Å². The molecular formula is C11H18N2S. The predicted molar refractivity (Wildman–Crippen MR) is 63.7 cm³/mol. The summed E-state index contributed by atoms with van der Waals surface area (Å²) in [4.78, 5) is 2.64. The molecule has 0 aliphatic carbocycles. The smallest absolute Gasteiger partial charge is 0.0541 e. The highest BCUT2D eigenvalue weighted by Crippen LogP contribution is 2.21. The molecule has 0 aliphatic heterocycles. The molecule has 0 saturated carbocycles. The van der Waals surface area contributed by atoms with E-state index in [1.807, 2.05) is 6.92 Å². The van der Waals surface area contributed by atoms with Crippen LogP contribution in [0.4, 0.5) is 0 Å². The molecule has 1 unspecified atom stereocenters. The van der Waals surface area contributed by atoms with Crippen LogP contribution < -0.4 is 11.1 Å². The van der Waals surface area contributed by atoms with E-state index in [4.69, 9.17) is 5.73 Å². The Labute approximate surface area is 89.8 Å². The van der Waals surface area contributed by atoms with Gasteiger partial charge in [-0.2, -0.15) is 0 Å². The molecule has 2 nitrogen and oxygen atoms in total. The van der Waals surface area contributed by atoms with E-state index in [9.17, 15) is 0 Å². The maximum Gasteiger partial charge on any atom is 0.0541 e. The summed E-state index contributed by atoms with van der Waals surface area (Å²) in [5.74, 6) is 0. The van der Waals surface area contributed by atoms with Crippen LogP contribution in [0.1, 0.15) is 22.7 Å². The molecule has 1 rings (SSSR count). The second-order valence-corrected chi connectivity index (χ2v) is 4.89. The first kappa shape index (κ1) is 11.4. The minimum absolute atomic E-state index is 0.269. The molecule has 0 radical (unpaired) electrons. The van der Waals surface area contributed by atoms with E-state index in [1.54, 1.807) is 11.3 Å². The minimum Gasteiger partial charge on any atom is -0.329 e. The van der Waals surface area contributed by atoms with Crippen molar-refractivity contribution in [3.05, 3.63) is 34.0 Å². The van der Waals surface area contributed by atoms with Gasteiger partial charge in [0, 0.05) is 22.8 Å². The van der Waals surface area contributed by atoms with Crippen molar-refractivity contribution in [2.24, 2.45) is 5.73 Å². The van der Waals surface area contributed by atoms with Crippen molar-refractivity contribution in [2.75, 3.05) is 13.1 Å². The molecule has 0 spiro atoms. The highest BCUT2D eigenvalue weighted by molar-refractivity contribution is 7.12. The maximum atomic E-state index is 5.71. The Morgan fingerprint density at radius 3 is 2.79 bits per heavy atom. The third-order valence-corrected chi connectivity index (χ3v) is 3.10. The number of thiophene rings is 1. The molecule has 78 valence electrons. The first-order chi connectivity index (χ1) is 6.63. The number of rotatable bonds is 5. The zero-order chi connectivity index (χ0) is 10.6. The second-order valence-electron chi connectivity index (χ2n) is 3.57. The average Bonchev–Trinajstić information content (AvgIpc) is 2.53. The Hall–Kier alpha value is -0.640. The third kappa shape index (κ3) is 3.25. The van der Waals surface area contributed by atoms with Gasteiger partial charge in [0.15, 0.2) is 0 Å². The fourth-order valence-electron chi connectivity index (χ4n) is 1.24. The van der Waals surface area contributed by atoms with E-state index in [0.717, 1.165) is 12.1 Å². The van der Waals surface area contributed by atoms with E-state index in [2.05, 4.69) is 31.0 Å². The maximum absolute atomic E-state index is 5.71. The Morgan fingerprint density at radius 2 is 2.36 bits per heavy atom. The zero-order valence-electron chi connectivity index (χ0n) is 8.84. The molecule has 1 atom stereocenters. The van der Waals surface area contributed by atoms with Crippen LogP contribution in [-0.4, -0.2) is 13.1 Å². The lowest BCUT2D eigenvalue weighted by Crippen LogP contribution is -2.28. The molecule has 0 fully saturated rings. The lowest BCUT2D eigenvalue weighted by atomic mass is 10.2. The first-order valence-corrected chi connectivity index (χ1v) is 5.59. The summed E-state index contributed by atoms with van der Waals surface area (Å²) in [5.41, 5.74) is 6.85. The van der Waals surface area contributed by atoms with Crippen LogP contribution in [0.25, 0.3) is 0 Å². The molecule has 1 aromatic rings. The van der Waals surface area contributed by atoms with Crippen LogP contribution >= 0.6 is 11.3 Å². The molecule has 0 saturated heterocycles. The quantitative estimate of drug-likeness (QED) is 0.731. The fourth-order valence-corrected chi connectivity index (χ4v) is 2.20. The Kier molecular flexibility index (Phi) is 4.32. The van der Waals surface area contributed by atoms with Crippen molar-refractivity contribution in [1.82, 2.24) is 5.32 Å². The van der Waals surface area contributed by atoms with Crippen molar-refractivity contribution in [2.45, 2.75) is 19.9 Å². The van der Waals surface area contributed by atoms with Crippen LogP contribution in [0.5, 0.6) is 0 Å². The van der Waals surface area contributed by atoms with Gasteiger partial charge in [0.05, 0.1) is 6.04 Å². The normalized spacial score (nSPS) is 12.8. The van der Waals surface area contributed by atoms with Gasteiger partial charge in [0.25, 0.3) is 0 Å². The summed E-state index contributed by atoms with van der Waals surface area (Å²) in [7, 11) is 0. The largest absolute Gasteiger partial charge is 0.329 e. The van der Waals surface area contributed by atoms with Crippen molar-refractivity contribution < 1.29 is 0 Å². The number of hydrogen-bond donors (Lipinski definition) is 2. The fraction of sp³-hybridized carbons (Fsp3) is 0.455. The topological polar surface area (TPSA) is 38.0 Å². The Bertz CT molecular complexity index is 304. The Balaban J connectivity index is 2.58. The van der Waals surface area contributed by atoms with Gasteiger partial charge in [-0.3, -0.25) is 0 Å². The zero-order valence-corrected chi connectivity index (χ0v) is 9.66. The predicted octanol–water partition coefficient (Wildman–Crippen LogP) is 2.22. The van der Waals surface area contributed by atoms with E-state index >= 15 is 0 Å². The number of nitrogens with two attached hydrogens (primary N) is 1. The van der Waals surface area contributed by atoms with E-state index in [1.165, 1.54) is 9.75 Å². The molecule has 3 N–H and O–H groups in total. The second kappa shape index (κ2) is 5.29. The highest BCUT2D eigenvalue weighted by atomic mass is 32.1. The van der Waals surface area contributed by atoms with Gasteiger partial charge in [-0.25, -0.2) is 0 Å². The van der Waals surface area contributed by atoms with E-state index in [-0.39, 0.29) is 6.04 Å². The van der Waals surface area contributed by atoms with Gasteiger partial charge < -0.3 is 11.1 Å². The van der Waals surface area contributed by atoms with Crippen LogP contribution in [0.3, 0.4) is 0 Å². The van der Waals surface area contributed by atoms with Crippen molar-refractivity contribution >= 4 is 11.3 Å². The summed E-state index contributed by atoms with van der Waals surface area (Å²) < 4.78 is 0.